The Balaban J connectivity index is 2.12. The lowest BCUT2D eigenvalue weighted by Crippen LogP contribution is -2.39. The topological polar surface area (TPSA) is 49.4 Å². The van der Waals surface area contributed by atoms with Gasteiger partial charge in [0.1, 0.15) is 0 Å². The first-order valence-corrected chi connectivity index (χ1v) is 7.43. The fourth-order valence-electron chi connectivity index (χ4n) is 2.07. The van der Waals surface area contributed by atoms with Gasteiger partial charge in [-0.15, -0.1) is 0 Å². The largest absolute Gasteiger partial charge is 0.319 e. The van der Waals surface area contributed by atoms with Crippen molar-refractivity contribution < 1.29 is 8.42 Å². The molecule has 4 nitrogen and oxygen atoms in total. The minimum absolute atomic E-state index is 0.172. The van der Waals surface area contributed by atoms with E-state index in [1.807, 2.05) is 18.2 Å². The van der Waals surface area contributed by atoms with Gasteiger partial charge in [0.05, 0.1) is 5.75 Å². The van der Waals surface area contributed by atoms with E-state index in [-0.39, 0.29) is 5.75 Å². The van der Waals surface area contributed by atoms with Crippen LogP contribution in [0.4, 0.5) is 0 Å². The molecule has 17 heavy (non-hydrogen) atoms. The average molecular weight is 254 g/mol. The fraction of sp³-hybridized carbons (Fsp3) is 0.500. The molecule has 2 rings (SSSR count). The van der Waals surface area contributed by atoms with Crippen LogP contribution in [0, 0.1) is 0 Å². The molecule has 0 amide bonds. The van der Waals surface area contributed by atoms with Crippen LogP contribution in [0.3, 0.4) is 0 Å². The minimum Gasteiger partial charge on any atom is -0.319 e. The highest BCUT2D eigenvalue weighted by Crippen LogP contribution is 2.20. The van der Waals surface area contributed by atoms with E-state index in [1.54, 1.807) is 11.4 Å². The molecule has 5 heteroatoms. The van der Waals surface area contributed by atoms with E-state index in [9.17, 15) is 8.42 Å². The van der Waals surface area contributed by atoms with Crippen LogP contribution < -0.4 is 5.32 Å². The normalized spacial score (nSPS) is 16.8. The maximum atomic E-state index is 12.0. The van der Waals surface area contributed by atoms with E-state index in [1.165, 1.54) is 5.56 Å². The number of benzene rings is 1. The first kappa shape index (κ1) is 12.5. The number of nitrogens with one attached hydrogen (secondary N) is 1. The molecule has 1 aliphatic rings. The number of fused-ring (bicyclic) bond motifs is 1. The maximum Gasteiger partial charge on any atom is 0.215 e. The maximum absolute atomic E-state index is 12.0. The zero-order valence-corrected chi connectivity index (χ0v) is 10.8. The van der Waals surface area contributed by atoms with Crippen molar-refractivity contribution in [2.45, 2.75) is 13.0 Å². The summed E-state index contributed by atoms with van der Waals surface area (Å²) in [4.78, 5) is 0. The van der Waals surface area contributed by atoms with Crippen LogP contribution in [0.15, 0.2) is 24.3 Å². The van der Waals surface area contributed by atoms with Crippen LogP contribution in [-0.2, 0) is 23.0 Å². The van der Waals surface area contributed by atoms with Crippen molar-refractivity contribution in [3.05, 3.63) is 35.4 Å². The molecular formula is C12H18N2O2S. The average Bonchev–Trinajstić information content (AvgIpc) is 2.36. The van der Waals surface area contributed by atoms with Crippen molar-refractivity contribution in [1.82, 2.24) is 9.62 Å². The van der Waals surface area contributed by atoms with Crippen LogP contribution in [0.5, 0.6) is 0 Å². The van der Waals surface area contributed by atoms with Gasteiger partial charge in [0.2, 0.25) is 10.0 Å². The van der Waals surface area contributed by atoms with E-state index in [2.05, 4.69) is 11.4 Å². The Bertz CT molecular complexity index is 485. The summed E-state index contributed by atoms with van der Waals surface area (Å²) in [6, 6.07) is 8.05. The summed E-state index contributed by atoms with van der Waals surface area (Å²) in [5, 5.41) is 2.88. The Labute approximate surface area is 103 Å². The highest BCUT2D eigenvalue weighted by Gasteiger charge is 2.25. The minimum atomic E-state index is -3.12. The Morgan fingerprint density at radius 1 is 1.29 bits per heavy atom. The van der Waals surface area contributed by atoms with E-state index in [0.717, 1.165) is 12.0 Å². The van der Waals surface area contributed by atoms with Crippen molar-refractivity contribution in [3.8, 4) is 0 Å². The summed E-state index contributed by atoms with van der Waals surface area (Å²) in [6.07, 6.45) is 0.814. The van der Waals surface area contributed by atoms with Gasteiger partial charge in [-0.3, -0.25) is 0 Å². The molecule has 0 fully saturated rings. The van der Waals surface area contributed by atoms with Crippen molar-refractivity contribution in [3.63, 3.8) is 0 Å². The molecule has 0 atom stereocenters. The first-order valence-electron chi connectivity index (χ1n) is 5.83. The molecule has 1 N–H and O–H groups in total. The number of rotatable bonds is 4. The van der Waals surface area contributed by atoms with Gasteiger partial charge in [-0.1, -0.05) is 24.3 Å². The number of nitrogens with zero attached hydrogens (tertiary/aromatic N) is 1. The lowest BCUT2D eigenvalue weighted by Gasteiger charge is -2.28. The van der Waals surface area contributed by atoms with Gasteiger partial charge in [0.15, 0.2) is 0 Å². The van der Waals surface area contributed by atoms with Gasteiger partial charge in [-0.05, 0) is 24.6 Å². The lowest BCUT2D eigenvalue weighted by molar-refractivity contribution is 0.391. The summed E-state index contributed by atoms with van der Waals surface area (Å²) in [7, 11) is -1.35. The van der Waals surface area contributed by atoms with Gasteiger partial charge in [0, 0.05) is 19.6 Å². The number of hydrogen-bond donors (Lipinski definition) is 1. The second-order valence-corrected chi connectivity index (χ2v) is 6.36. The van der Waals surface area contributed by atoms with Gasteiger partial charge >= 0.3 is 0 Å². The SMILES string of the molecule is CNCCS(=O)(=O)N1CCc2ccccc2C1. The zero-order valence-electron chi connectivity index (χ0n) is 10.0. The van der Waals surface area contributed by atoms with E-state index in [4.69, 9.17) is 0 Å². The van der Waals surface area contributed by atoms with Crippen LogP contribution in [0.25, 0.3) is 0 Å². The first-order chi connectivity index (χ1) is 8.13. The molecule has 0 unspecified atom stereocenters. The molecule has 0 saturated heterocycles. The van der Waals surface area contributed by atoms with Crippen molar-refractivity contribution in [2.75, 3.05) is 25.9 Å². The van der Waals surface area contributed by atoms with Crippen LogP contribution in [0.1, 0.15) is 11.1 Å². The fourth-order valence-corrected chi connectivity index (χ4v) is 3.49. The van der Waals surface area contributed by atoms with Crippen molar-refractivity contribution >= 4 is 10.0 Å². The third kappa shape index (κ3) is 2.86. The molecule has 1 aliphatic heterocycles. The van der Waals surface area contributed by atoms with Crippen molar-refractivity contribution in [1.29, 1.82) is 0 Å². The molecule has 0 aromatic heterocycles. The zero-order chi connectivity index (χ0) is 12.3. The van der Waals surface area contributed by atoms with Crippen molar-refractivity contribution in [2.24, 2.45) is 0 Å². The predicted molar refractivity (Wildman–Crippen MR) is 68.3 cm³/mol. The second-order valence-electron chi connectivity index (χ2n) is 4.27. The molecule has 0 bridgehead atoms. The van der Waals surface area contributed by atoms with E-state index in [0.29, 0.717) is 19.6 Å². The second kappa shape index (κ2) is 5.16. The molecule has 94 valence electrons. The standard InChI is InChI=1S/C12H18N2O2S/c1-13-7-9-17(15,16)14-8-6-11-4-2-3-5-12(11)10-14/h2-5,13H,6-10H2,1H3. The summed E-state index contributed by atoms with van der Waals surface area (Å²) >= 11 is 0. The molecular weight excluding hydrogens is 236 g/mol. The number of sulfonamides is 1. The molecule has 1 heterocycles. The monoisotopic (exact) mass is 254 g/mol. The summed E-state index contributed by atoms with van der Waals surface area (Å²) in [5.41, 5.74) is 2.40. The van der Waals surface area contributed by atoms with E-state index < -0.39 is 10.0 Å². The Morgan fingerprint density at radius 3 is 2.71 bits per heavy atom. The smallest absolute Gasteiger partial charge is 0.215 e. The Morgan fingerprint density at radius 2 is 2.00 bits per heavy atom. The van der Waals surface area contributed by atoms with Crippen LogP contribution in [0.2, 0.25) is 0 Å². The van der Waals surface area contributed by atoms with Crippen LogP contribution >= 0.6 is 0 Å². The highest BCUT2D eigenvalue weighted by atomic mass is 32.2. The molecule has 1 aromatic rings. The molecule has 0 aliphatic carbocycles. The Kier molecular flexibility index (Phi) is 3.81. The lowest BCUT2D eigenvalue weighted by atomic mass is 10.0. The summed E-state index contributed by atoms with van der Waals surface area (Å²) in [6.45, 7) is 1.62. The quantitative estimate of drug-likeness (QED) is 0.856. The van der Waals surface area contributed by atoms with Gasteiger partial charge in [0.25, 0.3) is 0 Å². The molecule has 0 radical (unpaired) electrons. The Hall–Kier alpha value is -0.910. The van der Waals surface area contributed by atoms with Gasteiger partial charge in [-0.2, -0.15) is 4.31 Å². The molecule has 0 spiro atoms. The summed E-state index contributed by atoms with van der Waals surface area (Å²) < 4.78 is 25.7. The van der Waals surface area contributed by atoms with Crippen LogP contribution in [-0.4, -0.2) is 38.6 Å². The number of hydrogen-bond acceptors (Lipinski definition) is 3. The van der Waals surface area contributed by atoms with Gasteiger partial charge in [-0.25, -0.2) is 8.42 Å². The summed E-state index contributed by atoms with van der Waals surface area (Å²) in [5.74, 6) is 0.172. The van der Waals surface area contributed by atoms with Gasteiger partial charge < -0.3 is 5.32 Å². The third-order valence-corrected chi connectivity index (χ3v) is 4.92. The molecule has 1 aromatic carbocycles. The molecule has 0 saturated carbocycles. The predicted octanol–water partition coefficient (Wildman–Crippen LogP) is 0.594. The third-order valence-electron chi connectivity index (χ3n) is 3.10. The highest BCUT2D eigenvalue weighted by molar-refractivity contribution is 7.89. The van der Waals surface area contributed by atoms with E-state index >= 15 is 0 Å².